The summed E-state index contributed by atoms with van der Waals surface area (Å²) in [6, 6.07) is 0. The number of rotatable bonds is 31. The van der Waals surface area contributed by atoms with Gasteiger partial charge in [0.05, 0.1) is 21.0 Å². The standard InChI is InChI=1S/C30H60NO9P.2Na/c1-3-4-5-6-7-10-13-16-19-22-30(33)40-29(26-39-41(34,35)36)25-38-27-37-24-21-18-15-12-9-8-11-14-17-20-23-31-28(2)32;;/h29H,3-27H2,1-2H3,(H,31,32)(H2,34,35,36);;/q;2*+1/p-2/t29-;;/m1../s1. The van der Waals surface area contributed by atoms with Crippen LogP contribution in [0.25, 0.3) is 0 Å². The van der Waals surface area contributed by atoms with E-state index >= 15 is 0 Å². The number of hydrogen-bond donors (Lipinski definition) is 1. The molecule has 0 saturated heterocycles. The molecule has 0 aromatic heterocycles. The van der Waals surface area contributed by atoms with Gasteiger partial charge in [-0.05, 0) is 19.3 Å². The monoisotopic (exact) mass is 653 g/mol. The molecule has 0 aromatic carbocycles. The van der Waals surface area contributed by atoms with Crippen molar-refractivity contribution >= 4 is 19.7 Å². The molecule has 0 heterocycles. The first-order valence-corrected chi connectivity index (χ1v) is 17.5. The number of carbonyl (C=O) groups is 2. The molecule has 244 valence electrons. The molecule has 0 aromatic rings. The Bertz CT molecular complexity index is 672. The summed E-state index contributed by atoms with van der Waals surface area (Å²) in [5, 5.41) is 2.82. The molecule has 0 rings (SSSR count). The van der Waals surface area contributed by atoms with Gasteiger partial charge in [-0.1, -0.05) is 110 Å². The summed E-state index contributed by atoms with van der Waals surface area (Å²) in [6.07, 6.45) is 20.9. The van der Waals surface area contributed by atoms with Gasteiger partial charge in [-0.3, -0.25) is 9.59 Å². The van der Waals surface area contributed by atoms with E-state index in [2.05, 4.69) is 16.8 Å². The van der Waals surface area contributed by atoms with Gasteiger partial charge in [-0.2, -0.15) is 0 Å². The molecule has 0 aliphatic rings. The molecular weight excluding hydrogens is 595 g/mol. The summed E-state index contributed by atoms with van der Waals surface area (Å²) in [5.41, 5.74) is 0. The number of nitrogens with one attached hydrogen (secondary N) is 1. The van der Waals surface area contributed by atoms with Gasteiger partial charge in [0, 0.05) is 26.5 Å². The van der Waals surface area contributed by atoms with Crippen molar-refractivity contribution in [3.8, 4) is 0 Å². The third kappa shape index (κ3) is 40.9. The van der Waals surface area contributed by atoms with Crippen LogP contribution in [0.2, 0.25) is 0 Å². The number of phosphoric acid groups is 1. The molecule has 1 atom stereocenters. The molecular formula is C30H58NNa2O9P. The van der Waals surface area contributed by atoms with Crippen LogP contribution in [0.15, 0.2) is 0 Å². The van der Waals surface area contributed by atoms with E-state index in [0.717, 1.165) is 57.9 Å². The Balaban J connectivity index is -0.00000800. The van der Waals surface area contributed by atoms with Gasteiger partial charge in [0.1, 0.15) is 12.9 Å². The number of carbonyl (C=O) groups excluding carboxylic acids is 2. The van der Waals surface area contributed by atoms with E-state index in [1.54, 1.807) is 6.92 Å². The number of hydrogen-bond acceptors (Lipinski definition) is 9. The summed E-state index contributed by atoms with van der Waals surface area (Å²) in [5.74, 6) is -0.421. The Kier molecular flexibility index (Phi) is 40.3. The average molecular weight is 654 g/mol. The molecule has 0 spiro atoms. The van der Waals surface area contributed by atoms with Crippen LogP contribution >= 0.6 is 7.82 Å². The van der Waals surface area contributed by atoms with E-state index in [1.165, 1.54) is 64.2 Å². The molecule has 0 unspecified atom stereocenters. The van der Waals surface area contributed by atoms with Gasteiger partial charge in [0.2, 0.25) is 5.91 Å². The summed E-state index contributed by atoms with van der Waals surface area (Å²) in [7, 11) is -5.18. The fraction of sp³-hybridized carbons (Fsp3) is 0.933. The molecule has 10 nitrogen and oxygen atoms in total. The molecule has 0 aliphatic carbocycles. The molecule has 13 heteroatoms. The van der Waals surface area contributed by atoms with E-state index in [4.69, 9.17) is 14.2 Å². The maximum Gasteiger partial charge on any atom is 1.00 e. The average Bonchev–Trinajstić information content (AvgIpc) is 2.91. The van der Waals surface area contributed by atoms with Crippen molar-refractivity contribution in [2.75, 3.05) is 33.2 Å². The maximum atomic E-state index is 12.2. The van der Waals surface area contributed by atoms with E-state index < -0.39 is 26.5 Å². The Morgan fingerprint density at radius 2 is 1.19 bits per heavy atom. The Morgan fingerprint density at radius 1 is 0.698 bits per heavy atom. The maximum absolute atomic E-state index is 12.2. The first kappa shape index (κ1) is 48.4. The fourth-order valence-corrected chi connectivity index (χ4v) is 4.77. The first-order valence-electron chi connectivity index (χ1n) is 16.0. The van der Waals surface area contributed by atoms with Crippen LogP contribution in [0.1, 0.15) is 142 Å². The summed E-state index contributed by atoms with van der Waals surface area (Å²) < 4.78 is 31.3. The van der Waals surface area contributed by atoms with Crippen molar-refractivity contribution < 1.29 is 102 Å². The smallest absolute Gasteiger partial charge is 0.790 e. The first-order chi connectivity index (χ1) is 19.7. The number of ether oxygens (including phenoxy) is 3. The largest absolute Gasteiger partial charge is 1.00 e. The van der Waals surface area contributed by atoms with Gasteiger partial charge in [0.25, 0.3) is 0 Å². The van der Waals surface area contributed by atoms with Crippen molar-refractivity contribution in [2.24, 2.45) is 0 Å². The molecule has 0 bridgehead atoms. The van der Waals surface area contributed by atoms with Crippen molar-refractivity contribution in [1.82, 2.24) is 5.32 Å². The topological polar surface area (TPSA) is 146 Å². The number of phosphoric ester groups is 1. The predicted octanol–water partition coefficient (Wildman–Crippen LogP) is -0.300. The fourth-order valence-electron chi connectivity index (χ4n) is 4.42. The Labute approximate surface area is 306 Å². The van der Waals surface area contributed by atoms with Gasteiger partial charge < -0.3 is 38.4 Å². The van der Waals surface area contributed by atoms with Crippen molar-refractivity contribution in [3.05, 3.63) is 0 Å². The number of esters is 1. The quantitative estimate of drug-likeness (QED) is 0.0351. The molecule has 1 amide bonds. The minimum absolute atomic E-state index is 0. The molecule has 0 fully saturated rings. The second kappa shape index (κ2) is 35.8. The zero-order valence-corrected chi connectivity index (χ0v) is 32.8. The van der Waals surface area contributed by atoms with E-state index in [9.17, 15) is 23.9 Å². The van der Waals surface area contributed by atoms with Crippen LogP contribution in [0.5, 0.6) is 0 Å². The van der Waals surface area contributed by atoms with Gasteiger partial charge >= 0.3 is 65.1 Å². The zero-order valence-electron chi connectivity index (χ0n) is 27.9. The van der Waals surface area contributed by atoms with E-state index in [0.29, 0.717) is 13.0 Å². The Morgan fingerprint density at radius 3 is 1.70 bits per heavy atom. The second-order valence-corrected chi connectivity index (χ2v) is 12.0. The third-order valence-corrected chi connectivity index (χ3v) is 7.23. The Hall–Kier alpha value is 0.970. The van der Waals surface area contributed by atoms with Crippen molar-refractivity contribution in [3.63, 3.8) is 0 Å². The van der Waals surface area contributed by atoms with Gasteiger partial charge in [0.15, 0.2) is 0 Å². The SMILES string of the molecule is CCCCCCCCCCCC(=O)O[C@H](COCOCCCCCCCCCCCCNC(C)=O)COP(=O)([O-])[O-].[Na+].[Na+]. The summed E-state index contributed by atoms with van der Waals surface area (Å²) in [6.45, 7) is 4.37. The minimum Gasteiger partial charge on any atom is -0.790 e. The van der Waals surface area contributed by atoms with Crippen LogP contribution in [-0.4, -0.2) is 51.1 Å². The minimum atomic E-state index is -5.18. The van der Waals surface area contributed by atoms with Crippen molar-refractivity contribution in [1.29, 1.82) is 0 Å². The molecule has 0 saturated carbocycles. The normalized spacial score (nSPS) is 11.8. The molecule has 0 aliphatic heterocycles. The molecule has 1 N–H and O–H groups in total. The summed E-state index contributed by atoms with van der Waals surface area (Å²) in [4.78, 5) is 44.7. The van der Waals surface area contributed by atoms with Crippen LogP contribution < -0.4 is 74.2 Å². The summed E-state index contributed by atoms with van der Waals surface area (Å²) >= 11 is 0. The van der Waals surface area contributed by atoms with Crippen LogP contribution in [0.3, 0.4) is 0 Å². The van der Waals surface area contributed by atoms with Gasteiger partial charge in [-0.25, -0.2) is 0 Å². The molecule has 0 radical (unpaired) electrons. The zero-order chi connectivity index (χ0) is 30.4. The molecule has 43 heavy (non-hydrogen) atoms. The number of amides is 1. The number of unbranched alkanes of at least 4 members (excludes halogenated alkanes) is 17. The van der Waals surface area contributed by atoms with E-state index in [1.807, 2.05) is 0 Å². The van der Waals surface area contributed by atoms with Crippen LogP contribution in [-0.2, 0) is 32.9 Å². The van der Waals surface area contributed by atoms with Crippen molar-refractivity contribution in [2.45, 2.75) is 148 Å². The van der Waals surface area contributed by atoms with Crippen LogP contribution in [0, 0.1) is 0 Å². The second-order valence-electron chi connectivity index (χ2n) is 10.8. The predicted molar refractivity (Wildman–Crippen MR) is 157 cm³/mol. The van der Waals surface area contributed by atoms with Gasteiger partial charge in [-0.15, -0.1) is 0 Å². The third-order valence-electron chi connectivity index (χ3n) is 6.76. The van der Waals surface area contributed by atoms with E-state index in [-0.39, 0.29) is 84.8 Å². The van der Waals surface area contributed by atoms with Crippen LogP contribution in [0.4, 0.5) is 0 Å².